The van der Waals surface area contributed by atoms with E-state index in [9.17, 15) is 9.67 Å². The van der Waals surface area contributed by atoms with E-state index < -0.39 is 25.6 Å². The molecule has 0 aromatic heterocycles. The number of ether oxygens (including phenoxy) is 2. The van der Waals surface area contributed by atoms with Crippen molar-refractivity contribution in [3.8, 4) is 0 Å². The van der Waals surface area contributed by atoms with E-state index in [-0.39, 0.29) is 26.0 Å². The van der Waals surface area contributed by atoms with Gasteiger partial charge in [0.2, 0.25) is 0 Å². The topological polar surface area (TPSA) is 74.2 Å². The molecule has 0 amide bonds. The second kappa shape index (κ2) is 6.46. The molecule has 108 valence electrons. The Morgan fingerprint density at radius 3 is 2.33 bits per heavy atom. The van der Waals surface area contributed by atoms with Crippen LogP contribution in [0.15, 0.2) is 0 Å². The lowest BCUT2D eigenvalue weighted by molar-refractivity contribution is -0.149. The van der Waals surface area contributed by atoms with Crippen molar-refractivity contribution in [2.45, 2.75) is 45.7 Å². The molecule has 7 heteroatoms. The standard InChI is InChI=1S/C11H23O6P/c1-5-15-18(13,16-6-2)8-9(12)10-7-14-11(3,4)17-10/h9-10,12H,5-8H2,1-4H3/t9-,10-/m0/s1. The summed E-state index contributed by atoms with van der Waals surface area (Å²) in [6.45, 7) is 7.82. The number of aliphatic hydroxyl groups is 1. The van der Waals surface area contributed by atoms with Crippen molar-refractivity contribution >= 4 is 7.60 Å². The van der Waals surface area contributed by atoms with E-state index in [1.165, 1.54) is 0 Å². The van der Waals surface area contributed by atoms with Gasteiger partial charge in [0.25, 0.3) is 0 Å². The van der Waals surface area contributed by atoms with Crippen molar-refractivity contribution in [1.29, 1.82) is 0 Å². The van der Waals surface area contributed by atoms with Crippen LogP contribution in [0, 0.1) is 0 Å². The fourth-order valence-corrected chi connectivity index (χ4v) is 3.55. The van der Waals surface area contributed by atoms with Gasteiger partial charge in [0.15, 0.2) is 5.79 Å². The van der Waals surface area contributed by atoms with E-state index in [1.807, 2.05) is 0 Å². The summed E-state index contributed by atoms with van der Waals surface area (Å²) in [4.78, 5) is 0. The summed E-state index contributed by atoms with van der Waals surface area (Å²) < 4.78 is 33.4. The Balaban J connectivity index is 2.56. The van der Waals surface area contributed by atoms with Crippen LogP contribution < -0.4 is 0 Å². The molecule has 0 radical (unpaired) electrons. The van der Waals surface area contributed by atoms with Gasteiger partial charge in [-0.05, 0) is 27.7 Å². The Morgan fingerprint density at radius 2 is 1.94 bits per heavy atom. The molecule has 0 unspecified atom stereocenters. The summed E-state index contributed by atoms with van der Waals surface area (Å²) >= 11 is 0. The fourth-order valence-electron chi connectivity index (χ4n) is 1.79. The van der Waals surface area contributed by atoms with E-state index in [0.29, 0.717) is 0 Å². The van der Waals surface area contributed by atoms with Gasteiger partial charge in [0.1, 0.15) is 6.10 Å². The maximum Gasteiger partial charge on any atom is 0.333 e. The summed E-state index contributed by atoms with van der Waals surface area (Å²) in [6.07, 6.45) is -1.52. The molecule has 2 atom stereocenters. The van der Waals surface area contributed by atoms with Gasteiger partial charge in [-0.1, -0.05) is 0 Å². The first kappa shape index (κ1) is 16.1. The second-order valence-corrected chi connectivity index (χ2v) is 6.67. The third-order valence-corrected chi connectivity index (χ3v) is 4.65. The minimum absolute atomic E-state index is 0.0845. The maximum absolute atomic E-state index is 12.2. The molecule has 1 aliphatic rings. The number of hydrogen-bond donors (Lipinski definition) is 1. The van der Waals surface area contributed by atoms with Crippen molar-refractivity contribution in [1.82, 2.24) is 0 Å². The van der Waals surface area contributed by atoms with Gasteiger partial charge in [-0.15, -0.1) is 0 Å². The minimum atomic E-state index is -3.26. The Labute approximate surface area is 108 Å². The zero-order chi connectivity index (χ0) is 13.8. The Hall–Kier alpha value is 0.0300. The molecule has 1 saturated heterocycles. The van der Waals surface area contributed by atoms with Crippen LogP contribution in [0.2, 0.25) is 0 Å². The molecule has 1 fully saturated rings. The average molecular weight is 282 g/mol. The molecule has 1 N–H and O–H groups in total. The minimum Gasteiger partial charge on any atom is -0.390 e. The SMILES string of the molecule is CCOP(=O)(C[C@H](O)[C@@H]1COC(C)(C)O1)OCC. The summed E-state index contributed by atoms with van der Waals surface area (Å²) in [5.41, 5.74) is 0. The predicted octanol–water partition coefficient (Wildman–Crippen LogP) is 1.76. The van der Waals surface area contributed by atoms with Crippen LogP contribution in [0.25, 0.3) is 0 Å². The van der Waals surface area contributed by atoms with Crippen LogP contribution in [0.3, 0.4) is 0 Å². The number of hydrogen-bond acceptors (Lipinski definition) is 6. The van der Waals surface area contributed by atoms with Gasteiger partial charge in [-0.3, -0.25) is 4.57 Å². The quantitative estimate of drug-likeness (QED) is 0.717. The van der Waals surface area contributed by atoms with E-state index in [1.54, 1.807) is 27.7 Å². The third kappa shape index (κ3) is 4.61. The molecular formula is C11H23O6P. The third-order valence-electron chi connectivity index (χ3n) is 2.52. The molecule has 0 aliphatic carbocycles. The Bertz CT molecular complexity index is 296. The van der Waals surface area contributed by atoms with Crippen LogP contribution in [-0.2, 0) is 23.1 Å². The number of aliphatic hydroxyl groups excluding tert-OH is 1. The van der Waals surface area contributed by atoms with E-state index in [0.717, 1.165) is 0 Å². The highest BCUT2D eigenvalue weighted by Gasteiger charge is 2.40. The predicted molar refractivity (Wildman–Crippen MR) is 66.6 cm³/mol. The van der Waals surface area contributed by atoms with Gasteiger partial charge in [0.05, 0.1) is 32.1 Å². The summed E-state index contributed by atoms with van der Waals surface area (Å²) in [5.74, 6) is -0.715. The van der Waals surface area contributed by atoms with Crippen LogP contribution >= 0.6 is 7.60 Å². The highest BCUT2D eigenvalue weighted by Crippen LogP contribution is 2.49. The van der Waals surface area contributed by atoms with Crippen LogP contribution in [0.4, 0.5) is 0 Å². The van der Waals surface area contributed by atoms with Crippen molar-refractivity contribution in [2.24, 2.45) is 0 Å². The largest absolute Gasteiger partial charge is 0.390 e. The molecule has 0 aromatic rings. The molecule has 1 aliphatic heterocycles. The van der Waals surface area contributed by atoms with Gasteiger partial charge < -0.3 is 23.6 Å². The lowest BCUT2D eigenvalue weighted by Gasteiger charge is -2.24. The molecule has 0 spiro atoms. The fraction of sp³-hybridized carbons (Fsp3) is 1.00. The van der Waals surface area contributed by atoms with Crippen molar-refractivity contribution < 1.29 is 28.2 Å². The molecule has 0 bridgehead atoms. The van der Waals surface area contributed by atoms with Crippen LogP contribution in [0.5, 0.6) is 0 Å². The van der Waals surface area contributed by atoms with Gasteiger partial charge in [-0.25, -0.2) is 0 Å². The first-order valence-corrected chi connectivity index (χ1v) is 7.92. The van der Waals surface area contributed by atoms with E-state index >= 15 is 0 Å². The smallest absolute Gasteiger partial charge is 0.333 e. The van der Waals surface area contributed by atoms with Gasteiger partial charge in [0, 0.05) is 0 Å². The van der Waals surface area contributed by atoms with Gasteiger partial charge >= 0.3 is 7.60 Å². The zero-order valence-electron chi connectivity index (χ0n) is 11.4. The molecule has 1 rings (SSSR count). The first-order chi connectivity index (χ1) is 8.32. The zero-order valence-corrected chi connectivity index (χ0v) is 12.3. The molecule has 18 heavy (non-hydrogen) atoms. The highest BCUT2D eigenvalue weighted by molar-refractivity contribution is 7.53. The summed E-state index contributed by atoms with van der Waals surface area (Å²) in [6, 6.07) is 0. The molecule has 0 aromatic carbocycles. The van der Waals surface area contributed by atoms with Crippen molar-refractivity contribution in [2.75, 3.05) is 26.0 Å². The van der Waals surface area contributed by atoms with Crippen molar-refractivity contribution in [3.05, 3.63) is 0 Å². The van der Waals surface area contributed by atoms with Gasteiger partial charge in [-0.2, -0.15) is 0 Å². The summed E-state index contributed by atoms with van der Waals surface area (Å²) in [5, 5.41) is 10.0. The average Bonchev–Trinajstić information content (AvgIpc) is 2.59. The monoisotopic (exact) mass is 282 g/mol. The normalized spacial score (nSPS) is 25.3. The van der Waals surface area contributed by atoms with E-state index in [2.05, 4.69) is 0 Å². The molecule has 1 heterocycles. The maximum atomic E-state index is 12.2. The lowest BCUT2D eigenvalue weighted by Crippen LogP contribution is -2.33. The lowest BCUT2D eigenvalue weighted by atomic mass is 10.2. The molecule has 0 saturated carbocycles. The van der Waals surface area contributed by atoms with Crippen LogP contribution in [-0.4, -0.2) is 49.1 Å². The van der Waals surface area contributed by atoms with E-state index in [4.69, 9.17) is 18.5 Å². The number of rotatable bonds is 7. The first-order valence-electron chi connectivity index (χ1n) is 6.20. The highest BCUT2D eigenvalue weighted by atomic mass is 31.2. The Morgan fingerprint density at radius 1 is 1.39 bits per heavy atom. The molecule has 6 nitrogen and oxygen atoms in total. The van der Waals surface area contributed by atoms with Crippen molar-refractivity contribution in [3.63, 3.8) is 0 Å². The van der Waals surface area contributed by atoms with Crippen LogP contribution in [0.1, 0.15) is 27.7 Å². The molecular weight excluding hydrogens is 259 g/mol. The second-order valence-electron chi connectivity index (χ2n) is 4.56. The summed E-state index contributed by atoms with van der Waals surface area (Å²) in [7, 11) is -3.26. The Kier molecular flexibility index (Phi) is 5.77.